The number of esters is 2. The highest BCUT2D eigenvalue weighted by atomic mass is 32.2. The van der Waals surface area contributed by atoms with E-state index in [4.69, 9.17) is 9.47 Å². The van der Waals surface area contributed by atoms with Crippen molar-refractivity contribution >= 4 is 27.6 Å². The molecule has 2 aromatic carbocycles. The molecule has 0 heterocycles. The number of ether oxygens (including phenoxy) is 2. The molecule has 8 heteroatoms. The molecule has 0 aliphatic rings. The highest BCUT2D eigenvalue weighted by Crippen LogP contribution is 2.18. The molecule has 7 nitrogen and oxygen atoms in total. The van der Waals surface area contributed by atoms with Crippen molar-refractivity contribution < 1.29 is 27.5 Å². The topological polar surface area (TPSA) is 98.8 Å². The van der Waals surface area contributed by atoms with Gasteiger partial charge in [-0.3, -0.25) is 4.72 Å². The van der Waals surface area contributed by atoms with E-state index in [1.807, 2.05) is 0 Å². The van der Waals surface area contributed by atoms with Crippen molar-refractivity contribution in [1.29, 1.82) is 0 Å². The molecule has 0 aromatic heterocycles. The molecule has 0 aliphatic carbocycles. The number of hydrogen-bond donors (Lipinski definition) is 1. The van der Waals surface area contributed by atoms with Crippen LogP contribution in [0.4, 0.5) is 5.69 Å². The third-order valence-electron chi connectivity index (χ3n) is 3.39. The van der Waals surface area contributed by atoms with Crippen molar-refractivity contribution in [2.45, 2.75) is 31.8 Å². The van der Waals surface area contributed by atoms with Gasteiger partial charge in [0.05, 0.1) is 28.7 Å². The number of anilines is 1. The van der Waals surface area contributed by atoms with E-state index in [1.54, 1.807) is 20.8 Å². The Bertz CT molecular complexity index is 902. The van der Waals surface area contributed by atoms with Gasteiger partial charge in [-0.1, -0.05) is 0 Å². The number of carbonyl (C=O) groups is 2. The summed E-state index contributed by atoms with van der Waals surface area (Å²) < 4.78 is 37.3. The van der Waals surface area contributed by atoms with Gasteiger partial charge in [-0.15, -0.1) is 0 Å². The lowest BCUT2D eigenvalue weighted by Crippen LogP contribution is -2.14. The summed E-state index contributed by atoms with van der Waals surface area (Å²) in [4.78, 5) is 23.4. The van der Waals surface area contributed by atoms with Crippen molar-refractivity contribution in [3.63, 3.8) is 0 Å². The lowest BCUT2D eigenvalue weighted by Gasteiger charge is -2.10. The van der Waals surface area contributed by atoms with E-state index in [0.29, 0.717) is 11.3 Å². The predicted molar refractivity (Wildman–Crippen MR) is 100 cm³/mol. The van der Waals surface area contributed by atoms with Crippen LogP contribution in [-0.4, -0.2) is 33.1 Å². The SMILES string of the molecule is CCOC(=O)c1ccc(S(=O)(=O)Nc2ccc(C(=O)OC(C)C)cc2)cc1. The van der Waals surface area contributed by atoms with E-state index in [-0.39, 0.29) is 23.2 Å². The van der Waals surface area contributed by atoms with Crippen LogP contribution in [0, 0.1) is 0 Å². The zero-order valence-electron chi connectivity index (χ0n) is 15.3. The Kier molecular flexibility index (Phi) is 6.57. The van der Waals surface area contributed by atoms with E-state index in [9.17, 15) is 18.0 Å². The molecule has 0 radical (unpaired) electrons. The average Bonchev–Trinajstić information content (AvgIpc) is 2.61. The van der Waals surface area contributed by atoms with Gasteiger partial charge in [-0.05, 0) is 69.3 Å². The van der Waals surface area contributed by atoms with E-state index in [1.165, 1.54) is 48.5 Å². The standard InChI is InChI=1S/C19H21NO6S/c1-4-25-18(21)14-7-11-17(12-8-14)27(23,24)20-16-9-5-15(6-10-16)19(22)26-13(2)3/h5-13,20H,4H2,1-3H3. The maximum Gasteiger partial charge on any atom is 0.338 e. The first-order valence-corrected chi connectivity index (χ1v) is 9.82. The average molecular weight is 391 g/mol. The molecule has 0 unspecified atom stereocenters. The molecule has 0 bridgehead atoms. The van der Waals surface area contributed by atoms with Gasteiger partial charge in [-0.25, -0.2) is 18.0 Å². The van der Waals surface area contributed by atoms with Crippen LogP contribution in [0.5, 0.6) is 0 Å². The van der Waals surface area contributed by atoms with Gasteiger partial charge >= 0.3 is 11.9 Å². The van der Waals surface area contributed by atoms with Crippen molar-refractivity contribution in [3.05, 3.63) is 59.7 Å². The van der Waals surface area contributed by atoms with E-state index in [2.05, 4.69) is 4.72 Å². The number of nitrogens with one attached hydrogen (secondary N) is 1. The first-order valence-electron chi connectivity index (χ1n) is 8.34. The van der Waals surface area contributed by atoms with Crippen LogP contribution in [0.3, 0.4) is 0 Å². The van der Waals surface area contributed by atoms with Crippen LogP contribution in [0.2, 0.25) is 0 Å². The predicted octanol–water partition coefficient (Wildman–Crippen LogP) is 3.23. The molecule has 0 fully saturated rings. The fourth-order valence-corrected chi connectivity index (χ4v) is 3.21. The highest BCUT2D eigenvalue weighted by molar-refractivity contribution is 7.92. The van der Waals surface area contributed by atoms with Crippen molar-refractivity contribution in [1.82, 2.24) is 0 Å². The first-order chi connectivity index (χ1) is 12.7. The smallest absolute Gasteiger partial charge is 0.338 e. The zero-order valence-corrected chi connectivity index (χ0v) is 16.1. The van der Waals surface area contributed by atoms with Crippen LogP contribution >= 0.6 is 0 Å². The largest absolute Gasteiger partial charge is 0.462 e. The van der Waals surface area contributed by atoms with Crippen LogP contribution in [0.15, 0.2) is 53.4 Å². The fraction of sp³-hybridized carbons (Fsp3) is 0.263. The summed E-state index contributed by atoms with van der Waals surface area (Å²) in [5.41, 5.74) is 0.889. The molecule has 2 aromatic rings. The second kappa shape index (κ2) is 8.68. The normalized spacial score (nSPS) is 11.1. The van der Waals surface area contributed by atoms with Gasteiger partial charge < -0.3 is 9.47 Å². The summed E-state index contributed by atoms with van der Waals surface area (Å²) in [5, 5.41) is 0. The molecule has 0 saturated heterocycles. The minimum absolute atomic E-state index is 0.00107. The number of rotatable bonds is 7. The Hall–Kier alpha value is -2.87. The lowest BCUT2D eigenvalue weighted by molar-refractivity contribution is 0.0377. The summed E-state index contributed by atoms with van der Waals surface area (Å²) in [6.45, 7) is 5.41. The Morgan fingerprint density at radius 3 is 1.96 bits per heavy atom. The second-order valence-electron chi connectivity index (χ2n) is 5.88. The molecule has 0 aliphatic heterocycles. The van der Waals surface area contributed by atoms with Crippen molar-refractivity contribution in [3.8, 4) is 0 Å². The lowest BCUT2D eigenvalue weighted by atomic mass is 10.2. The van der Waals surface area contributed by atoms with Gasteiger partial charge in [0, 0.05) is 5.69 Å². The van der Waals surface area contributed by atoms with Crippen LogP contribution in [0.1, 0.15) is 41.5 Å². The van der Waals surface area contributed by atoms with Gasteiger partial charge in [-0.2, -0.15) is 0 Å². The monoisotopic (exact) mass is 391 g/mol. The second-order valence-corrected chi connectivity index (χ2v) is 7.56. The number of hydrogen-bond acceptors (Lipinski definition) is 6. The molecular weight excluding hydrogens is 370 g/mol. The van der Waals surface area contributed by atoms with Crippen molar-refractivity contribution in [2.24, 2.45) is 0 Å². The minimum Gasteiger partial charge on any atom is -0.462 e. The molecule has 2 rings (SSSR count). The van der Waals surface area contributed by atoms with Gasteiger partial charge in [0.1, 0.15) is 0 Å². The highest BCUT2D eigenvalue weighted by Gasteiger charge is 2.16. The van der Waals surface area contributed by atoms with E-state index >= 15 is 0 Å². The Morgan fingerprint density at radius 2 is 1.44 bits per heavy atom. The molecule has 144 valence electrons. The Morgan fingerprint density at radius 1 is 0.926 bits per heavy atom. The zero-order chi connectivity index (χ0) is 20.0. The van der Waals surface area contributed by atoms with Gasteiger partial charge in [0.2, 0.25) is 0 Å². The maximum atomic E-state index is 12.5. The Balaban J connectivity index is 2.11. The van der Waals surface area contributed by atoms with Crippen LogP contribution in [-0.2, 0) is 19.5 Å². The van der Waals surface area contributed by atoms with Crippen molar-refractivity contribution in [2.75, 3.05) is 11.3 Å². The van der Waals surface area contributed by atoms with Gasteiger partial charge in [0.25, 0.3) is 10.0 Å². The quantitative estimate of drug-likeness (QED) is 0.728. The number of carbonyl (C=O) groups excluding carboxylic acids is 2. The third kappa shape index (κ3) is 5.55. The molecule has 0 spiro atoms. The van der Waals surface area contributed by atoms with E-state index < -0.39 is 22.0 Å². The molecule has 0 amide bonds. The van der Waals surface area contributed by atoms with Gasteiger partial charge in [0.15, 0.2) is 0 Å². The summed E-state index contributed by atoms with van der Waals surface area (Å²) >= 11 is 0. The first kappa shape index (κ1) is 20.4. The van der Waals surface area contributed by atoms with Crippen LogP contribution in [0.25, 0.3) is 0 Å². The molecular formula is C19H21NO6S. The number of benzene rings is 2. The summed E-state index contributed by atoms with van der Waals surface area (Å²) in [6, 6.07) is 11.3. The molecule has 27 heavy (non-hydrogen) atoms. The summed E-state index contributed by atoms with van der Waals surface area (Å²) in [6.07, 6.45) is -0.242. The van der Waals surface area contributed by atoms with Crippen LogP contribution < -0.4 is 4.72 Å². The number of sulfonamides is 1. The third-order valence-corrected chi connectivity index (χ3v) is 4.79. The molecule has 1 N–H and O–H groups in total. The van der Waals surface area contributed by atoms with E-state index in [0.717, 1.165) is 0 Å². The summed E-state index contributed by atoms with van der Waals surface area (Å²) in [7, 11) is -3.84. The summed E-state index contributed by atoms with van der Waals surface area (Å²) in [5.74, 6) is -0.993. The molecule has 0 atom stereocenters. The fourth-order valence-electron chi connectivity index (χ4n) is 2.16. The maximum absolute atomic E-state index is 12.5. The molecule has 0 saturated carbocycles. The Labute approximate surface area is 158 Å². The minimum atomic E-state index is -3.84.